The Balaban J connectivity index is 1.87. The number of primary amides is 2. The van der Waals surface area contributed by atoms with Gasteiger partial charge in [-0.15, -0.1) is 6.42 Å². The highest BCUT2D eigenvalue weighted by Crippen LogP contribution is 2.49. The van der Waals surface area contributed by atoms with Crippen LogP contribution in [0, 0.1) is 12.3 Å². The van der Waals surface area contributed by atoms with Gasteiger partial charge in [-0.2, -0.15) is 4.48 Å². The summed E-state index contributed by atoms with van der Waals surface area (Å²) < 4.78 is 5.08. The van der Waals surface area contributed by atoms with Crippen molar-refractivity contribution in [2.24, 2.45) is 11.5 Å². The summed E-state index contributed by atoms with van der Waals surface area (Å²) in [6.07, 6.45) is 7.17. The first-order chi connectivity index (χ1) is 16.3. The van der Waals surface area contributed by atoms with Crippen molar-refractivity contribution in [2.45, 2.75) is 30.9 Å². The van der Waals surface area contributed by atoms with Gasteiger partial charge in [0.25, 0.3) is 11.8 Å². The zero-order chi connectivity index (χ0) is 24.5. The van der Waals surface area contributed by atoms with E-state index in [0.29, 0.717) is 22.4 Å². The molecule has 2 saturated heterocycles. The van der Waals surface area contributed by atoms with E-state index in [9.17, 15) is 14.4 Å². The van der Waals surface area contributed by atoms with E-state index in [1.807, 2.05) is 4.90 Å². The van der Waals surface area contributed by atoms with Gasteiger partial charge in [0.05, 0.1) is 0 Å². The Morgan fingerprint density at radius 2 is 1.68 bits per heavy atom. The lowest BCUT2D eigenvalue weighted by atomic mass is 9.83. The number of nitrogens with zero attached hydrogens (tertiary/aromatic N) is 2. The van der Waals surface area contributed by atoms with E-state index in [1.54, 1.807) is 48.5 Å². The Morgan fingerprint density at radius 1 is 1.06 bits per heavy atom. The first-order valence-electron chi connectivity index (χ1n) is 11.3. The molecule has 34 heavy (non-hydrogen) atoms. The van der Waals surface area contributed by atoms with Gasteiger partial charge in [-0.25, -0.2) is 4.79 Å². The number of amides is 4. The molecule has 8 nitrogen and oxygen atoms in total. The molecule has 2 aliphatic rings. The van der Waals surface area contributed by atoms with Crippen LogP contribution in [0.25, 0.3) is 0 Å². The third-order valence-electron chi connectivity index (χ3n) is 7.25. The number of methoxy groups -OCH3 is 1. The number of likely N-dealkylation sites (tertiary alicyclic amines) is 2. The quantitative estimate of drug-likeness (QED) is 0.524. The van der Waals surface area contributed by atoms with Crippen LogP contribution in [-0.2, 0) is 15.1 Å². The molecule has 0 spiro atoms. The summed E-state index contributed by atoms with van der Waals surface area (Å²) in [5, 5.41) is 0. The van der Waals surface area contributed by atoms with Crippen LogP contribution in [0.4, 0.5) is 10.5 Å². The van der Waals surface area contributed by atoms with Gasteiger partial charge in [-0.3, -0.25) is 9.59 Å². The Morgan fingerprint density at radius 3 is 2.18 bits per heavy atom. The van der Waals surface area contributed by atoms with Crippen LogP contribution < -0.4 is 16.0 Å². The van der Waals surface area contributed by atoms with Gasteiger partial charge in [0.2, 0.25) is 5.54 Å². The van der Waals surface area contributed by atoms with Crippen LogP contribution in [0.3, 0.4) is 0 Å². The fourth-order valence-electron chi connectivity index (χ4n) is 5.47. The summed E-state index contributed by atoms with van der Waals surface area (Å²) in [6, 6.07) is 12.8. The molecular weight excluding hydrogens is 432 g/mol. The normalized spacial score (nSPS) is 26.2. The van der Waals surface area contributed by atoms with Gasteiger partial charge in [0.1, 0.15) is 18.3 Å². The molecule has 3 atom stereocenters. The standard InChI is InChI=1S/C26H28N4O4/c1-3-18-6-12-21(13-7-18)30(25(28)33)17-22(34-2)16-26(30,24(27)32)20-10-8-19(9-11-20)23(31)29-14-4-5-15-29/h1,6-13,22H,4-5,14-17H2,2H3,(H3-,27,28,32,33)/p+1/t22-,26-,30?/m1/s1. The van der Waals surface area contributed by atoms with E-state index in [1.165, 1.54) is 7.11 Å². The highest BCUT2D eigenvalue weighted by atomic mass is 16.5. The summed E-state index contributed by atoms with van der Waals surface area (Å²) in [5.41, 5.74) is 12.7. The van der Waals surface area contributed by atoms with Crippen molar-refractivity contribution in [3.63, 3.8) is 0 Å². The zero-order valence-electron chi connectivity index (χ0n) is 19.2. The smallest absolute Gasteiger partial charge is 0.375 e. The van der Waals surface area contributed by atoms with Crippen molar-refractivity contribution in [2.75, 3.05) is 26.7 Å². The van der Waals surface area contributed by atoms with Gasteiger partial charge in [0.15, 0.2) is 0 Å². The predicted molar refractivity (Wildman–Crippen MR) is 128 cm³/mol. The average Bonchev–Trinajstić information content (AvgIpc) is 3.51. The lowest BCUT2D eigenvalue weighted by Crippen LogP contribution is -2.70. The molecule has 1 unspecified atom stereocenters. The Bertz CT molecular complexity index is 1150. The molecule has 4 amide bonds. The number of ether oxygens (including phenoxy) is 1. The molecule has 176 valence electrons. The maximum atomic E-state index is 13.3. The minimum atomic E-state index is -1.53. The SMILES string of the molecule is C#Cc1ccc([N+]2(C(N)=O)C[C@H](OC)C[C@]2(C(N)=O)c2ccc(C(=O)N3CCCC3)cc2)cc1. The van der Waals surface area contributed by atoms with Crippen molar-refractivity contribution in [3.8, 4) is 12.3 Å². The van der Waals surface area contributed by atoms with Gasteiger partial charge < -0.3 is 21.1 Å². The van der Waals surface area contributed by atoms with Crippen LogP contribution in [0.5, 0.6) is 0 Å². The molecule has 0 radical (unpaired) electrons. The molecule has 2 aliphatic heterocycles. The molecule has 4 rings (SSSR count). The Kier molecular flexibility index (Phi) is 6.17. The Hall–Kier alpha value is -3.67. The lowest BCUT2D eigenvalue weighted by Gasteiger charge is -2.42. The van der Waals surface area contributed by atoms with Crippen LogP contribution in [0.2, 0.25) is 0 Å². The summed E-state index contributed by atoms with van der Waals surface area (Å²) in [5.74, 6) is 1.79. The molecule has 2 aromatic rings. The number of rotatable bonds is 5. The van der Waals surface area contributed by atoms with Crippen molar-refractivity contribution in [1.29, 1.82) is 0 Å². The number of terminal acetylenes is 1. The fourth-order valence-corrected chi connectivity index (χ4v) is 5.47. The summed E-state index contributed by atoms with van der Waals surface area (Å²) in [7, 11) is 1.52. The molecule has 4 N–H and O–H groups in total. The van der Waals surface area contributed by atoms with E-state index >= 15 is 0 Å². The van der Waals surface area contributed by atoms with Crippen molar-refractivity contribution in [1.82, 2.24) is 9.38 Å². The minimum Gasteiger partial charge on any atom is -0.375 e. The highest BCUT2D eigenvalue weighted by molar-refractivity contribution is 6.00. The van der Waals surface area contributed by atoms with E-state index in [-0.39, 0.29) is 18.9 Å². The van der Waals surface area contributed by atoms with E-state index < -0.39 is 28.1 Å². The molecule has 0 aliphatic carbocycles. The molecule has 0 saturated carbocycles. The second-order valence-corrected chi connectivity index (χ2v) is 8.88. The van der Waals surface area contributed by atoms with Crippen LogP contribution in [0.1, 0.15) is 40.7 Å². The summed E-state index contributed by atoms with van der Waals surface area (Å²) >= 11 is 0. The topological polar surface area (TPSA) is 116 Å². The molecule has 0 aromatic heterocycles. The van der Waals surface area contributed by atoms with E-state index in [0.717, 1.165) is 25.9 Å². The molecule has 2 fully saturated rings. The van der Waals surface area contributed by atoms with Crippen molar-refractivity contribution < 1.29 is 19.1 Å². The van der Waals surface area contributed by atoms with E-state index in [2.05, 4.69) is 5.92 Å². The molecule has 2 heterocycles. The van der Waals surface area contributed by atoms with Crippen molar-refractivity contribution >= 4 is 23.5 Å². The number of carbonyl (C=O) groups is 3. The van der Waals surface area contributed by atoms with Crippen LogP contribution in [0.15, 0.2) is 48.5 Å². The number of hydrogen-bond acceptors (Lipinski definition) is 4. The zero-order valence-corrected chi connectivity index (χ0v) is 19.2. The van der Waals surface area contributed by atoms with Crippen molar-refractivity contribution in [3.05, 3.63) is 65.2 Å². The lowest BCUT2D eigenvalue weighted by molar-refractivity contribution is -0.127. The largest absolute Gasteiger partial charge is 0.420 e. The third-order valence-corrected chi connectivity index (χ3v) is 7.25. The highest BCUT2D eigenvalue weighted by Gasteiger charge is 2.68. The first-order valence-corrected chi connectivity index (χ1v) is 11.3. The fraction of sp³-hybridized carbons (Fsp3) is 0.346. The second-order valence-electron chi connectivity index (χ2n) is 8.88. The van der Waals surface area contributed by atoms with Gasteiger partial charge in [-0.05, 0) is 37.1 Å². The maximum absolute atomic E-state index is 13.3. The van der Waals surface area contributed by atoms with Crippen LogP contribution in [-0.4, -0.2) is 55.6 Å². The average molecular weight is 462 g/mol. The van der Waals surface area contributed by atoms with Gasteiger partial charge in [-0.1, -0.05) is 18.1 Å². The Labute approximate surface area is 199 Å². The predicted octanol–water partition coefficient (Wildman–Crippen LogP) is 2.09. The molecular formula is C26H29N4O4+. The summed E-state index contributed by atoms with van der Waals surface area (Å²) in [4.78, 5) is 41.1. The minimum absolute atomic E-state index is 0.0566. The number of urea groups is 1. The molecule has 2 aromatic carbocycles. The second kappa shape index (κ2) is 8.93. The van der Waals surface area contributed by atoms with Crippen LogP contribution >= 0.6 is 0 Å². The number of hydrogen-bond donors (Lipinski definition) is 2. The monoisotopic (exact) mass is 461 g/mol. The number of benzene rings is 2. The number of quaternary nitrogens is 1. The van der Waals surface area contributed by atoms with E-state index in [4.69, 9.17) is 22.6 Å². The van der Waals surface area contributed by atoms with Gasteiger partial charge >= 0.3 is 6.03 Å². The third kappa shape index (κ3) is 3.45. The number of nitrogens with two attached hydrogens (primary N) is 2. The number of carbonyl (C=O) groups excluding carboxylic acids is 3. The molecule has 8 heteroatoms. The molecule has 0 bridgehead atoms. The first kappa shape index (κ1) is 23.5. The maximum Gasteiger partial charge on any atom is 0.420 e. The summed E-state index contributed by atoms with van der Waals surface area (Å²) in [6.45, 7) is 1.59. The van der Waals surface area contributed by atoms with Gasteiger partial charge in [0, 0.05) is 55.4 Å².